The van der Waals surface area contributed by atoms with Crippen molar-refractivity contribution in [3.8, 4) is 0 Å². The van der Waals surface area contributed by atoms with Gasteiger partial charge in [0.2, 0.25) is 0 Å². The van der Waals surface area contributed by atoms with E-state index in [0.717, 1.165) is 5.57 Å². The number of allylic oxidation sites excluding steroid dienone is 1. The van der Waals surface area contributed by atoms with E-state index >= 15 is 0 Å². The van der Waals surface area contributed by atoms with Gasteiger partial charge in [-0.25, -0.2) is 4.79 Å². The molecule has 0 aromatic heterocycles. The highest BCUT2D eigenvalue weighted by Gasteiger charge is 2.28. The summed E-state index contributed by atoms with van der Waals surface area (Å²) in [4.78, 5) is 11.9. The van der Waals surface area contributed by atoms with E-state index in [-0.39, 0.29) is 5.97 Å². The average molecular weight is 271 g/mol. The molecular formula is C13H26O2Si2. The fourth-order valence-electron chi connectivity index (χ4n) is 1.78. The van der Waals surface area contributed by atoms with E-state index in [1.54, 1.807) is 0 Å². The van der Waals surface area contributed by atoms with Crippen LogP contribution in [-0.2, 0) is 9.53 Å². The molecule has 0 atom stereocenters. The van der Waals surface area contributed by atoms with Crippen LogP contribution in [0, 0.1) is 0 Å². The largest absolute Gasteiger partial charge is 0.465 e. The van der Waals surface area contributed by atoms with Crippen LogP contribution in [-0.4, -0.2) is 29.2 Å². The predicted molar refractivity (Wildman–Crippen MR) is 80.5 cm³/mol. The molecule has 0 aromatic carbocycles. The van der Waals surface area contributed by atoms with Crippen LogP contribution in [0.15, 0.2) is 22.5 Å². The Kier molecular flexibility index (Phi) is 5.61. The molecule has 0 amide bonds. The van der Waals surface area contributed by atoms with Crippen LogP contribution in [0.2, 0.25) is 39.3 Å². The summed E-state index contributed by atoms with van der Waals surface area (Å²) in [5.74, 6) is -0.192. The van der Waals surface area contributed by atoms with E-state index in [4.69, 9.17) is 4.74 Å². The fraction of sp³-hybridized carbons (Fsp3) is 0.615. The van der Waals surface area contributed by atoms with Gasteiger partial charge < -0.3 is 4.74 Å². The summed E-state index contributed by atoms with van der Waals surface area (Å²) in [6.07, 6.45) is 2.08. The first kappa shape index (κ1) is 16.4. The van der Waals surface area contributed by atoms with Crippen LogP contribution in [0.4, 0.5) is 0 Å². The summed E-state index contributed by atoms with van der Waals surface area (Å²) in [6.45, 7) is 15.5. The number of hydrogen-bond donors (Lipinski definition) is 0. The van der Waals surface area contributed by atoms with Crippen LogP contribution in [0.25, 0.3) is 0 Å². The summed E-state index contributed by atoms with van der Waals surface area (Å²) in [7, 11) is -1.50. The Labute approximate surface area is 108 Å². The first-order valence-electron chi connectivity index (χ1n) is 6.01. The smallest absolute Gasteiger partial charge is 0.336 e. The molecule has 0 spiro atoms. The molecule has 0 aliphatic carbocycles. The number of methoxy groups -OCH3 is 1. The molecule has 0 fully saturated rings. The Hall–Kier alpha value is -0.616. The average Bonchev–Trinajstić information content (AvgIpc) is 2.12. The second kappa shape index (κ2) is 5.82. The third-order valence-electron chi connectivity index (χ3n) is 2.37. The molecule has 0 unspecified atom stereocenters. The van der Waals surface area contributed by atoms with Gasteiger partial charge in [-0.1, -0.05) is 56.3 Å². The van der Waals surface area contributed by atoms with Crippen molar-refractivity contribution in [2.24, 2.45) is 0 Å². The van der Waals surface area contributed by atoms with E-state index in [1.165, 1.54) is 12.3 Å². The Morgan fingerprint density at radius 3 is 1.76 bits per heavy atom. The molecule has 17 heavy (non-hydrogen) atoms. The maximum atomic E-state index is 11.9. The molecule has 0 radical (unpaired) electrons. The van der Waals surface area contributed by atoms with Crippen LogP contribution in [0.3, 0.4) is 0 Å². The third-order valence-corrected chi connectivity index (χ3v) is 5.70. The van der Waals surface area contributed by atoms with Crippen molar-refractivity contribution in [3.63, 3.8) is 0 Å². The molecule has 0 aromatic rings. The predicted octanol–water partition coefficient (Wildman–Crippen LogP) is 3.79. The van der Waals surface area contributed by atoms with Crippen molar-refractivity contribution >= 4 is 22.1 Å². The lowest BCUT2D eigenvalue weighted by Gasteiger charge is -2.24. The summed E-state index contributed by atoms with van der Waals surface area (Å²) >= 11 is 0. The van der Waals surface area contributed by atoms with E-state index in [0.29, 0.717) is 0 Å². The van der Waals surface area contributed by atoms with Gasteiger partial charge >= 0.3 is 5.97 Å². The molecule has 0 heterocycles. The van der Waals surface area contributed by atoms with Crippen LogP contribution in [0.5, 0.6) is 0 Å². The lowest BCUT2D eigenvalue weighted by molar-refractivity contribution is -0.135. The van der Waals surface area contributed by atoms with Crippen LogP contribution < -0.4 is 0 Å². The molecule has 4 heteroatoms. The molecular weight excluding hydrogens is 244 g/mol. The summed E-state index contributed by atoms with van der Waals surface area (Å²) in [5.41, 5.74) is 2.96. The Morgan fingerprint density at radius 2 is 1.53 bits per heavy atom. The van der Waals surface area contributed by atoms with Gasteiger partial charge in [-0.3, -0.25) is 0 Å². The highest BCUT2D eigenvalue weighted by molar-refractivity contribution is 6.86. The number of ether oxygens (including phenoxy) is 1. The topological polar surface area (TPSA) is 26.3 Å². The minimum atomic E-state index is -1.51. The van der Waals surface area contributed by atoms with Crippen molar-refractivity contribution in [1.82, 2.24) is 0 Å². The minimum absolute atomic E-state index is 0.192. The highest BCUT2D eigenvalue weighted by atomic mass is 28.3. The van der Waals surface area contributed by atoms with Gasteiger partial charge in [0.05, 0.1) is 28.8 Å². The number of esters is 1. The quantitative estimate of drug-likeness (QED) is 0.336. The molecule has 2 nitrogen and oxygen atoms in total. The number of rotatable bonds is 4. The molecule has 0 aliphatic heterocycles. The first-order chi connectivity index (χ1) is 7.53. The van der Waals surface area contributed by atoms with Gasteiger partial charge in [-0.05, 0) is 6.92 Å². The van der Waals surface area contributed by atoms with Gasteiger partial charge in [0, 0.05) is 0 Å². The number of carbonyl (C=O) groups is 1. The zero-order valence-electron chi connectivity index (χ0n) is 12.5. The van der Waals surface area contributed by atoms with Gasteiger partial charge in [0.15, 0.2) is 0 Å². The van der Waals surface area contributed by atoms with Gasteiger partial charge in [-0.15, -0.1) is 0 Å². The SMILES string of the molecule is CC=C(C(=C[Si](C)(C)C)C(=O)OC)[Si](C)(C)C. The zero-order chi connectivity index (χ0) is 13.9. The fourth-order valence-corrected chi connectivity index (χ4v) is 4.91. The van der Waals surface area contributed by atoms with Crippen molar-refractivity contribution in [3.05, 3.63) is 22.5 Å². The maximum absolute atomic E-state index is 11.9. The van der Waals surface area contributed by atoms with Crippen molar-refractivity contribution in [2.45, 2.75) is 46.2 Å². The van der Waals surface area contributed by atoms with Crippen molar-refractivity contribution in [2.75, 3.05) is 7.11 Å². The van der Waals surface area contributed by atoms with E-state index in [1.807, 2.05) is 6.92 Å². The van der Waals surface area contributed by atoms with Crippen molar-refractivity contribution in [1.29, 1.82) is 0 Å². The van der Waals surface area contributed by atoms with E-state index in [2.05, 4.69) is 51.1 Å². The third kappa shape index (κ3) is 5.50. The maximum Gasteiger partial charge on any atom is 0.336 e. The molecule has 0 N–H and O–H groups in total. The second-order valence-electron chi connectivity index (χ2n) is 6.37. The summed E-state index contributed by atoms with van der Waals surface area (Å²) in [5, 5.41) is 1.20. The molecule has 0 bridgehead atoms. The lowest BCUT2D eigenvalue weighted by Crippen LogP contribution is -2.30. The normalized spacial score (nSPS) is 14.8. The number of carbonyl (C=O) groups excluding carboxylic acids is 1. The van der Waals surface area contributed by atoms with Gasteiger partial charge in [0.1, 0.15) is 0 Å². The standard InChI is InChI=1S/C13H26O2Si2/c1-9-12(17(6,7)8)11(13(14)15-2)10-16(3,4)5/h9-10H,1-8H3. The van der Waals surface area contributed by atoms with Gasteiger partial charge in [-0.2, -0.15) is 0 Å². The van der Waals surface area contributed by atoms with E-state index in [9.17, 15) is 4.79 Å². The summed E-state index contributed by atoms with van der Waals surface area (Å²) in [6, 6.07) is 0. The Bertz CT molecular complexity index is 341. The molecule has 0 saturated heterocycles. The second-order valence-corrected chi connectivity index (χ2v) is 16.4. The summed E-state index contributed by atoms with van der Waals surface area (Å²) < 4.78 is 4.93. The molecule has 0 rings (SSSR count). The minimum Gasteiger partial charge on any atom is -0.465 e. The molecule has 0 saturated carbocycles. The Morgan fingerprint density at radius 1 is 1.06 bits per heavy atom. The highest BCUT2D eigenvalue weighted by Crippen LogP contribution is 2.25. The number of hydrogen-bond acceptors (Lipinski definition) is 2. The van der Waals surface area contributed by atoms with Gasteiger partial charge in [0.25, 0.3) is 0 Å². The monoisotopic (exact) mass is 270 g/mol. The van der Waals surface area contributed by atoms with Crippen LogP contribution >= 0.6 is 0 Å². The van der Waals surface area contributed by atoms with Crippen molar-refractivity contribution < 1.29 is 9.53 Å². The lowest BCUT2D eigenvalue weighted by atomic mass is 10.3. The Balaban J connectivity index is 5.66. The van der Waals surface area contributed by atoms with E-state index < -0.39 is 16.1 Å². The van der Waals surface area contributed by atoms with Crippen LogP contribution in [0.1, 0.15) is 6.92 Å². The molecule has 0 aliphatic rings. The first-order valence-corrected chi connectivity index (χ1v) is 13.1. The zero-order valence-corrected chi connectivity index (χ0v) is 14.5. The molecule has 98 valence electrons.